The molecule has 1 saturated heterocycles. The molecule has 0 amide bonds. The number of likely N-dealkylation sites (tertiary alicyclic amines) is 1. The number of halogens is 1. The molecule has 2 unspecified atom stereocenters. The van der Waals surface area contributed by atoms with Gasteiger partial charge >= 0.3 is 0 Å². The van der Waals surface area contributed by atoms with Crippen LogP contribution in [0.3, 0.4) is 0 Å². The normalized spacial score (nSPS) is 26.0. The number of rotatable bonds is 2. The predicted octanol–water partition coefficient (Wildman–Crippen LogP) is 3.15. The molecule has 1 aromatic rings. The van der Waals surface area contributed by atoms with E-state index in [1.54, 1.807) is 0 Å². The zero-order valence-electron chi connectivity index (χ0n) is 10.1. The Morgan fingerprint density at radius 3 is 2.81 bits per heavy atom. The molecule has 0 radical (unpaired) electrons. The van der Waals surface area contributed by atoms with Crippen molar-refractivity contribution in [2.24, 2.45) is 0 Å². The van der Waals surface area contributed by atoms with Gasteiger partial charge < -0.3 is 10.2 Å². The molecule has 2 rings (SSSR count). The third-order valence-electron chi connectivity index (χ3n) is 3.37. The van der Waals surface area contributed by atoms with E-state index in [4.69, 9.17) is 11.6 Å². The molecular formula is C13H19ClN2. The molecule has 1 N–H and O–H groups in total. The van der Waals surface area contributed by atoms with Crippen molar-refractivity contribution < 1.29 is 0 Å². The lowest BCUT2D eigenvalue weighted by atomic mass is 10.1. The van der Waals surface area contributed by atoms with Crippen LogP contribution in [-0.2, 0) is 0 Å². The Kier molecular flexibility index (Phi) is 3.41. The molecule has 1 fully saturated rings. The van der Waals surface area contributed by atoms with Gasteiger partial charge in [0, 0.05) is 18.6 Å². The summed E-state index contributed by atoms with van der Waals surface area (Å²) in [5.74, 6) is 0. The van der Waals surface area contributed by atoms with Crippen molar-refractivity contribution in [2.75, 3.05) is 18.9 Å². The van der Waals surface area contributed by atoms with Crippen LogP contribution in [0.2, 0.25) is 5.02 Å². The number of hydrogen-bond acceptors (Lipinski definition) is 2. The Hall–Kier alpha value is -0.730. The summed E-state index contributed by atoms with van der Waals surface area (Å²) in [6.07, 6.45) is 1.18. The SMILES string of the molecule is Cc1ccc(Cl)c(NC2CC(C)N(C)C2)c1. The summed E-state index contributed by atoms with van der Waals surface area (Å²) >= 11 is 6.17. The van der Waals surface area contributed by atoms with Gasteiger partial charge in [-0.2, -0.15) is 0 Å². The third-order valence-corrected chi connectivity index (χ3v) is 3.70. The van der Waals surface area contributed by atoms with Crippen molar-refractivity contribution in [1.29, 1.82) is 0 Å². The fourth-order valence-electron chi connectivity index (χ4n) is 2.27. The highest BCUT2D eigenvalue weighted by Crippen LogP contribution is 2.26. The quantitative estimate of drug-likeness (QED) is 0.852. The molecule has 1 aliphatic heterocycles. The number of nitrogens with one attached hydrogen (secondary N) is 1. The molecule has 88 valence electrons. The van der Waals surface area contributed by atoms with Crippen LogP contribution in [0.15, 0.2) is 18.2 Å². The lowest BCUT2D eigenvalue weighted by Gasteiger charge is -2.15. The monoisotopic (exact) mass is 238 g/mol. The molecule has 1 aliphatic rings. The first-order valence-corrected chi connectivity index (χ1v) is 6.17. The van der Waals surface area contributed by atoms with Crippen molar-refractivity contribution in [3.63, 3.8) is 0 Å². The van der Waals surface area contributed by atoms with E-state index in [0.29, 0.717) is 12.1 Å². The summed E-state index contributed by atoms with van der Waals surface area (Å²) in [5, 5.41) is 4.35. The van der Waals surface area contributed by atoms with Gasteiger partial charge in [-0.3, -0.25) is 0 Å². The number of hydrogen-bond donors (Lipinski definition) is 1. The number of aryl methyl sites for hydroxylation is 1. The van der Waals surface area contributed by atoms with E-state index in [0.717, 1.165) is 17.3 Å². The zero-order valence-corrected chi connectivity index (χ0v) is 10.9. The minimum Gasteiger partial charge on any atom is -0.380 e. The average molecular weight is 239 g/mol. The summed E-state index contributed by atoms with van der Waals surface area (Å²) in [6.45, 7) is 5.44. The molecule has 1 heterocycles. The summed E-state index contributed by atoms with van der Waals surface area (Å²) in [6, 6.07) is 7.28. The van der Waals surface area contributed by atoms with Gasteiger partial charge in [-0.15, -0.1) is 0 Å². The molecule has 0 saturated carbocycles. The van der Waals surface area contributed by atoms with Gasteiger partial charge in [0.1, 0.15) is 0 Å². The summed E-state index contributed by atoms with van der Waals surface area (Å²) in [7, 11) is 2.17. The third kappa shape index (κ3) is 2.50. The van der Waals surface area contributed by atoms with E-state index in [1.165, 1.54) is 12.0 Å². The molecule has 2 nitrogen and oxygen atoms in total. The van der Waals surface area contributed by atoms with Crippen molar-refractivity contribution in [1.82, 2.24) is 4.90 Å². The van der Waals surface area contributed by atoms with Gasteiger partial charge in [0.05, 0.1) is 10.7 Å². The van der Waals surface area contributed by atoms with Crippen LogP contribution in [0.25, 0.3) is 0 Å². The molecule has 0 aromatic heterocycles. The van der Waals surface area contributed by atoms with E-state index >= 15 is 0 Å². The highest BCUT2D eigenvalue weighted by molar-refractivity contribution is 6.33. The largest absolute Gasteiger partial charge is 0.380 e. The highest BCUT2D eigenvalue weighted by atomic mass is 35.5. The fourth-order valence-corrected chi connectivity index (χ4v) is 2.44. The first-order chi connectivity index (χ1) is 7.56. The molecule has 2 atom stereocenters. The standard InChI is InChI=1S/C13H19ClN2/c1-9-4-5-12(14)13(6-9)15-11-7-10(2)16(3)8-11/h4-6,10-11,15H,7-8H2,1-3H3. The number of anilines is 1. The molecule has 0 spiro atoms. The Bertz CT molecular complexity index is 368. The number of likely N-dealkylation sites (N-methyl/N-ethyl adjacent to an activating group) is 1. The molecule has 16 heavy (non-hydrogen) atoms. The van der Waals surface area contributed by atoms with Crippen LogP contribution in [-0.4, -0.2) is 30.6 Å². The van der Waals surface area contributed by atoms with Crippen LogP contribution in [0.1, 0.15) is 18.9 Å². The van der Waals surface area contributed by atoms with Crippen LogP contribution in [0, 0.1) is 6.92 Å². The molecule has 3 heteroatoms. The van der Waals surface area contributed by atoms with Crippen LogP contribution in [0.4, 0.5) is 5.69 Å². The highest BCUT2D eigenvalue weighted by Gasteiger charge is 2.26. The topological polar surface area (TPSA) is 15.3 Å². The molecular weight excluding hydrogens is 220 g/mol. The van der Waals surface area contributed by atoms with Crippen LogP contribution in [0.5, 0.6) is 0 Å². The van der Waals surface area contributed by atoms with Gasteiger partial charge in [-0.1, -0.05) is 17.7 Å². The minimum absolute atomic E-state index is 0.513. The summed E-state index contributed by atoms with van der Waals surface area (Å²) < 4.78 is 0. The van der Waals surface area contributed by atoms with Gasteiger partial charge in [0.25, 0.3) is 0 Å². The van der Waals surface area contributed by atoms with Crippen LogP contribution >= 0.6 is 11.6 Å². The second-order valence-electron chi connectivity index (χ2n) is 4.85. The van der Waals surface area contributed by atoms with Gasteiger partial charge in [0.15, 0.2) is 0 Å². The van der Waals surface area contributed by atoms with E-state index < -0.39 is 0 Å². The van der Waals surface area contributed by atoms with E-state index in [9.17, 15) is 0 Å². The second kappa shape index (κ2) is 4.64. The van der Waals surface area contributed by atoms with Crippen LogP contribution < -0.4 is 5.32 Å². The molecule has 1 aromatic carbocycles. The predicted molar refractivity (Wildman–Crippen MR) is 70.3 cm³/mol. The maximum absolute atomic E-state index is 6.17. The molecule has 0 aliphatic carbocycles. The van der Waals surface area contributed by atoms with E-state index in [2.05, 4.69) is 37.2 Å². The number of benzene rings is 1. The Balaban J connectivity index is 2.07. The van der Waals surface area contributed by atoms with Crippen molar-refractivity contribution in [2.45, 2.75) is 32.4 Å². The Labute approximate surface area is 103 Å². The Morgan fingerprint density at radius 2 is 2.19 bits per heavy atom. The lowest BCUT2D eigenvalue weighted by molar-refractivity contribution is 0.330. The second-order valence-corrected chi connectivity index (χ2v) is 5.26. The molecule has 0 bridgehead atoms. The maximum Gasteiger partial charge on any atom is 0.0637 e. The minimum atomic E-state index is 0.513. The van der Waals surface area contributed by atoms with Gasteiger partial charge in [-0.05, 0) is 45.0 Å². The van der Waals surface area contributed by atoms with E-state index in [-0.39, 0.29) is 0 Å². The number of nitrogens with zero attached hydrogens (tertiary/aromatic N) is 1. The average Bonchev–Trinajstić information content (AvgIpc) is 2.52. The zero-order chi connectivity index (χ0) is 11.7. The lowest BCUT2D eigenvalue weighted by Crippen LogP contribution is -2.25. The van der Waals surface area contributed by atoms with E-state index in [1.807, 2.05) is 12.1 Å². The van der Waals surface area contributed by atoms with Crippen molar-refractivity contribution in [3.8, 4) is 0 Å². The Morgan fingerprint density at radius 1 is 1.44 bits per heavy atom. The summed E-state index contributed by atoms with van der Waals surface area (Å²) in [5.41, 5.74) is 2.31. The van der Waals surface area contributed by atoms with Gasteiger partial charge in [-0.25, -0.2) is 0 Å². The first kappa shape index (κ1) is 11.7. The maximum atomic E-state index is 6.17. The van der Waals surface area contributed by atoms with Crippen molar-refractivity contribution >= 4 is 17.3 Å². The smallest absolute Gasteiger partial charge is 0.0637 e. The van der Waals surface area contributed by atoms with Crippen molar-refractivity contribution in [3.05, 3.63) is 28.8 Å². The fraction of sp³-hybridized carbons (Fsp3) is 0.538. The summed E-state index contributed by atoms with van der Waals surface area (Å²) in [4.78, 5) is 2.38. The first-order valence-electron chi connectivity index (χ1n) is 5.79. The van der Waals surface area contributed by atoms with Gasteiger partial charge in [0.2, 0.25) is 0 Å².